The first-order valence-corrected chi connectivity index (χ1v) is 10.5. The highest BCUT2D eigenvalue weighted by atomic mass is 79.9. The Bertz CT molecular complexity index is 1140. The van der Waals surface area contributed by atoms with Crippen LogP contribution < -0.4 is 4.72 Å². The van der Waals surface area contributed by atoms with Crippen molar-refractivity contribution < 1.29 is 13.2 Å². The van der Waals surface area contributed by atoms with E-state index in [2.05, 4.69) is 25.6 Å². The van der Waals surface area contributed by atoms with Crippen LogP contribution in [0.4, 0.5) is 0 Å². The number of rotatable bonds is 4. The molecule has 0 unspecified atom stereocenters. The zero-order valence-corrected chi connectivity index (χ0v) is 17.6. The standard InChI is InChI=1S/C18H15BrClN3O3S/c1-11-9-12(19)7-8-16(11)27(25,26)22-18(24)15-10-23(2)17(21-15)13-5-3-4-6-14(13)20/h3-10H,1-2H3,(H,22,24). The summed E-state index contributed by atoms with van der Waals surface area (Å²) in [6.45, 7) is 1.65. The second kappa shape index (κ2) is 7.46. The monoisotopic (exact) mass is 467 g/mol. The summed E-state index contributed by atoms with van der Waals surface area (Å²) in [4.78, 5) is 16.8. The van der Waals surface area contributed by atoms with E-state index in [0.29, 0.717) is 22.0 Å². The minimum Gasteiger partial charge on any atom is -0.333 e. The van der Waals surface area contributed by atoms with Gasteiger partial charge in [0.2, 0.25) is 0 Å². The van der Waals surface area contributed by atoms with E-state index >= 15 is 0 Å². The molecule has 1 amide bonds. The molecule has 1 heterocycles. The lowest BCUT2D eigenvalue weighted by Crippen LogP contribution is -2.31. The summed E-state index contributed by atoms with van der Waals surface area (Å²) in [7, 11) is -2.32. The number of benzene rings is 2. The second-order valence-corrected chi connectivity index (χ2v) is 8.86. The molecule has 6 nitrogen and oxygen atoms in total. The van der Waals surface area contributed by atoms with E-state index in [9.17, 15) is 13.2 Å². The first-order valence-electron chi connectivity index (χ1n) is 7.80. The van der Waals surface area contributed by atoms with Crippen LogP contribution in [0.25, 0.3) is 11.4 Å². The van der Waals surface area contributed by atoms with Crippen LogP contribution in [0.3, 0.4) is 0 Å². The molecular formula is C18H15BrClN3O3S. The lowest BCUT2D eigenvalue weighted by molar-refractivity contribution is 0.0977. The molecule has 0 bridgehead atoms. The van der Waals surface area contributed by atoms with Crippen LogP contribution in [-0.2, 0) is 17.1 Å². The Morgan fingerprint density at radius 3 is 2.59 bits per heavy atom. The molecule has 27 heavy (non-hydrogen) atoms. The van der Waals surface area contributed by atoms with E-state index in [1.165, 1.54) is 12.3 Å². The van der Waals surface area contributed by atoms with Gasteiger partial charge in [0.25, 0.3) is 15.9 Å². The zero-order valence-electron chi connectivity index (χ0n) is 14.4. The Morgan fingerprint density at radius 2 is 1.93 bits per heavy atom. The van der Waals surface area contributed by atoms with Crippen LogP contribution >= 0.6 is 27.5 Å². The van der Waals surface area contributed by atoms with E-state index < -0.39 is 15.9 Å². The second-order valence-electron chi connectivity index (χ2n) is 5.88. The maximum atomic E-state index is 12.6. The van der Waals surface area contributed by atoms with E-state index in [0.717, 1.165) is 4.47 Å². The van der Waals surface area contributed by atoms with Crippen LogP contribution in [-0.4, -0.2) is 23.9 Å². The van der Waals surface area contributed by atoms with Crippen molar-refractivity contribution in [1.82, 2.24) is 14.3 Å². The SMILES string of the molecule is Cc1cc(Br)ccc1S(=O)(=O)NC(=O)c1cn(C)c(-c2ccccc2Cl)n1. The summed E-state index contributed by atoms with van der Waals surface area (Å²) in [5.74, 6) is -0.353. The van der Waals surface area contributed by atoms with Crippen molar-refractivity contribution in [3.05, 3.63) is 69.4 Å². The third kappa shape index (κ3) is 4.07. The number of aryl methyl sites for hydroxylation is 2. The van der Waals surface area contributed by atoms with Crippen LogP contribution in [0, 0.1) is 6.92 Å². The summed E-state index contributed by atoms with van der Waals surface area (Å²) in [5.41, 5.74) is 1.14. The first-order chi connectivity index (χ1) is 12.7. The number of nitrogens with zero attached hydrogens (tertiary/aromatic N) is 2. The molecule has 0 atom stereocenters. The Hall–Kier alpha value is -2.16. The maximum Gasteiger partial charge on any atom is 0.285 e. The smallest absolute Gasteiger partial charge is 0.285 e. The zero-order chi connectivity index (χ0) is 19.8. The summed E-state index contributed by atoms with van der Waals surface area (Å²) in [6, 6.07) is 11.8. The Kier molecular flexibility index (Phi) is 5.41. The van der Waals surface area contributed by atoms with Gasteiger partial charge in [0.05, 0.1) is 9.92 Å². The highest BCUT2D eigenvalue weighted by molar-refractivity contribution is 9.10. The summed E-state index contributed by atoms with van der Waals surface area (Å²) in [5, 5.41) is 0.483. The molecule has 0 radical (unpaired) electrons. The summed E-state index contributed by atoms with van der Waals surface area (Å²) < 4.78 is 29.6. The molecule has 0 saturated heterocycles. The van der Waals surface area contributed by atoms with Crippen molar-refractivity contribution in [2.75, 3.05) is 0 Å². The average Bonchev–Trinajstić information content (AvgIpc) is 2.96. The van der Waals surface area contributed by atoms with Crippen molar-refractivity contribution in [2.24, 2.45) is 7.05 Å². The van der Waals surface area contributed by atoms with Crippen molar-refractivity contribution in [3.63, 3.8) is 0 Å². The Morgan fingerprint density at radius 1 is 1.22 bits per heavy atom. The molecule has 0 aliphatic rings. The number of carbonyl (C=O) groups excluding carboxylic acids is 1. The summed E-state index contributed by atoms with van der Waals surface area (Å²) >= 11 is 9.47. The number of imidazole rings is 1. The predicted molar refractivity (Wildman–Crippen MR) is 107 cm³/mol. The van der Waals surface area contributed by atoms with Crippen LogP contribution in [0.5, 0.6) is 0 Å². The van der Waals surface area contributed by atoms with E-state index in [1.807, 2.05) is 0 Å². The highest BCUT2D eigenvalue weighted by Crippen LogP contribution is 2.26. The van der Waals surface area contributed by atoms with E-state index in [1.54, 1.807) is 54.9 Å². The van der Waals surface area contributed by atoms with Gasteiger partial charge in [-0.2, -0.15) is 0 Å². The third-order valence-electron chi connectivity index (χ3n) is 3.88. The van der Waals surface area contributed by atoms with Gasteiger partial charge in [0.15, 0.2) is 0 Å². The molecule has 0 aliphatic heterocycles. The molecule has 3 rings (SSSR count). The molecule has 140 valence electrons. The van der Waals surface area contributed by atoms with Gasteiger partial charge in [-0.25, -0.2) is 18.1 Å². The van der Waals surface area contributed by atoms with Gasteiger partial charge in [-0.1, -0.05) is 39.7 Å². The summed E-state index contributed by atoms with van der Waals surface area (Å²) in [6.07, 6.45) is 1.46. The number of carbonyl (C=O) groups is 1. The number of aromatic nitrogens is 2. The third-order valence-corrected chi connectivity index (χ3v) is 6.19. The molecule has 0 aliphatic carbocycles. The fraction of sp³-hybridized carbons (Fsp3) is 0.111. The number of hydrogen-bond acceptors (Lipinski definition) is 4. The molecule has 1 N–H and O–H groups in total. The van der Waals surface area contributed by atoms with Crippen molar-refractivity contribution in [1.29, 1.82) is 0 Å². The minimum absolute atomic E-state index is 0.0224. The van der Waals surface area contributed by atoms with Gasteiger partial charge in [-0.15, -0.1) is 0 Å². The average molecular weight is 469 g/mol. The number of nitrogens with one attached hydrogen (secondary N) is 1. The molecule has 0 saturated carbocycles. The Balaban J connectivity index is 1.91. The molecule has 2 aromatic carbocycles. The van der Waals surface area contributed by atoms with Crippen LogP contribution in [0.15, 0.2) is 58.0 Å². The largest absolute Gasteiger partial charge is 0.333 e. The van der Waals surface area contributed by atoms with Crippen LogP contribution in [0.1, 0.15) is 16.1 Å². The fourth-order valence-corrected chi connectivity index (χ4v) is 4.50. The predicted octanol–water partition coefficient (Wildman–Crippen LogP) is 3.93. The number of halogens is 2. The Labute approximate surface area is 170 Å². The van der Waals surface area contributed by atoms with Crippen molar-refractivity contribution in [2.45, 2.75) is 11.8 Å². The van der Waals surface area contributed by atoms with Crippen LogP contribution in [0.2, 0.25) is 5.02 Å². The van der Waals surface area contributed by atoms with Gasteiger partial charge >= 0.3 is 0 Å². The maximum absolute atomic E-state index is 12.6. The first kappa shape index (κ1) is 19.6. The number of sulfonamides is 1. The minimum atomic E-state index is -4.03. The van der Waals surface area contributed by atoms with E-state index in [-0.39, 0.29) is 10.6 Å². The number of hydrogen-bond donors (Lipinski definition) is 1. The normalized spacial score (nSPS) is 11.4. The molecule has 0 spiro atoms. The molecule has 1 aromatic heterocycles. The van der Waals surface area contributed by atoms with Gasteiger partial charge < -0.3 is 4.57 Å². The van der Waals surface area contributed by atoms with Gasteiger partial charge in [0, 0.05) is 23.3 Å². The fourth-order valence-electron chi connectivity index (χ4n) is 2.61. The van der Waals surface area contributed by atoms with E-state index in [4.69, 9.17) is 11.6 Å². The lowest BCUT2D eigenvalue weighted by Gasteiger charge is -2.08. The topological polar surface area (TPSA) is 81.1 Å². The lowest BCUT2D eigenvalue weighted by atomic mass is 10.2. The van der Waals surface area contributed by atoms with Gasteiger partial charge in [-0.3, -0.25) is 4.79 Å². The van der Waals surface area contributed by atoms with Crippen molar-refractivity contribution in [3.8, 4) is 11.4 Å². The molecule has 0 fully saturated rings. The van der Waals surface area contributed by atoms with Crippen molar-refractivity contribution >= 4 is 43.5 Å². The molecule has 9 heteroatoms. The highest BCUT2D eigenvalue weighted by Gasteiger charge is 2.23. The van der Waals surface area contributed by atoms with Gasteiger partial charge in [-0.05, 0) is 42.8 Å². The molecule has 3 aromatic rings. The number of amides is 1. The quantitative estimate of drug-likeness (QED) is 0.629. The molecular weight excluding hydrogens is 454 g/mol. The van der Waals surface area contributed by atoms with Gasteiger partial charge in [0.1, 0.15) is 11.5 Å².